The molecule has 1 atom stereocenters. The van der Waals surface area contributed by atoms with Crippen LogP contribution in [0.15, 0.2) is 30.5 Å². The first-order valence-electron chi connectivity index (χ1n) is 7.71. The monoisotopic (exact) mass is 285 g/mol. The van der Waals surface area contributed by atoms with E-state index in [-0.39, 0.29) is 5.78 Å². The third-order valence-corrected chi connectivity index (χ3v) is 4.59. The van der Waals surface area contributed by atoms with Crippen molar-refractivity contribution in [1.29, 1.82) is 0 Å². The van der Waals surface area contributed by atoms with Gasteiger partial charge in [0.15, 0.2) is 5.78 Å². The fraction of sp³-hybridized carbons (Fsp3) is 0.471. The summed E-state index contributed by atoms with van der Waals surface area (Å²) in [5.41, 5.74) is 1.85. The summed E-state index contributed by atoms with van der Waals surface area (Å²) in [4.78, 5) is 20.5. The topological polar surface area (TPSA) is 39.3 Å². The maximum atomic E-state index is 12.6. The lowest BCUT2D eigenvalue weighted by molar-refractivity contribution is 0.0744. The van der Waals surface area contributed by atoms with E-state index in [0.717, 1.165) is 42.5 Å². The van der Waals surface area contributed by atoms with Gasteiger partial charge in [0, 0.05) is 48.3 Å². The van der Waals surface area contributed by atoms with Crippen LogP contribution in [-0.4, -0.2) is 59.8 Å². The fourth-order valence-electron chi connectivity index (χ4n) is 3.19. The van der Waals surface area contributed by atoms with Crippen LogP contribution in [0.4, 0.5) is 0 Å². The molecule has 0 amide bonds. The number of nitrogens with zero attached hydrogens (tertiary/aromatic N) is 2. The molecule has 1 aromatic heterocycles. The van der Waals surface area contributed by atoms with E-state index >= 15 is 0 Å². The third-order valence-electron chi connectivity index (χ3n) is 4.59. The zero-order valence-electron chi connectivity index (χ0n) is 12.8. The van der Waals surface area contributed by atoms with Crippen molar-refractivity contribution in [3.63, 3.8) is 0 Å². The van der Waals surface area contributed by atoms with Crippen molar-refractivity contribution in [3.05, 3.63) is 36.0 Å². The molecule has 1 aliphatic rings. The van der Waals surface area contributed by atoms with Crippen molar-refractivity contribution in [2.75, 3.05) is 33.2 Å². The Morgan fingerprint density at radius 3 is 2.95 bits per heavy atom. The number of para-hydroxylation sites is 1. The number of Topliss-reactive ketones (excluding diaryl/α,β-unsaturated/α-hetero) is 1. The summed E-state index contributed by atoms with van der Waals surface area (Å²) < 4.78 is 0. The predicted octanol–water partition coefficient (Wildman–Crippen LogP) is 2.38. The quantitative estimate of drug-likeness (QED) is 0.877. The van der Waals surface area contributed by atoms with E-state index in [2.05, 4.69) is 28.8 Å². The van der Waals surface area contributed by atoms with E-state index in [1.807, 2.05) is 30.5 Å². The van der Waals surface area contributed by atoms with Crippen LogP contribution in [-0.2, 0) is 0 Å². The van der Waals surface area contributed by atoms with Crippen molar-refractivity contribution in [2.45, 2.75) is 19.4 Å². The van der Waals surface area contributed by atoms with Crippen LogP contribution in [0.2, 0.25) is 0 Å². The molecule has 0 aliphatic carbocycles. The summed E-state index contributed by atoms with van der Waals surface area (Å²) in [5, 5.41) is 1.03. The van der Waals surface area contributed by atoms with Crippen molar-refractivity contribution in [3.8, 4) is 0 Å². The molecule has 1 unspecified atom stereocenters. The molecule has 0 radical (unpaired) electrons. The lowest BCUT2D eigenvalue weighted by atomic mass is 10.1. The molecule has 21 heavy (non-hydrogen) atoms. The van der Waals surface area contributed by atoms with Gasteiger partial charge >= 0.3 is 0 Å². The Morgan fingerprint density at radius 2 is 2.14 bits per heavy atom. The standard InChI is InChI=1S/C17H23N3O/c1-3-13-11-20(9-8-19(13)2)12-17(21)15-10-18-16-7-5-4-6-14(15)16/h4-7,10,13,18H,3,8-9,11-12H2,1-2H3. The average Bonchev–Trinajstić information content (AvgIpc) is 2.93. The number of fused-ring (bicyclic) bond motifs is 1. The molecule has 1 fully saturated rings. The Labute approximate surface area is 125 Å². The van der Waals surface area contributed by atoms with Crippen LogP contribution in [0, 0.1) is 0 Å². The highest BCUT2D eigenvalue weighted by molar-refractivity contribution is 6.08. The van der Waals surface area contributed by atoms with Gasteiger partial charge in [-0.2, -0.15) is 0 Å². The molecule has 1 aliphatic heterocycles. The number of likely N-dealkylation sites (N-methyl/N-ethyl adjacent to an activating group) is 1. The predicted molar refractivity (Wildman–Crippen MR) is 85.8 cm³/mol. The van der Waals surface area contributed by atoms with Crippen molar-refractivity contribution in [1.82, 2.24) is 14.8 Å². The second-order valence-electron chi connectivity index (χ2n) is 5.95. The largest absolute Gasteiger partial charge is 0.360 e. The molecular formula is C17H23N3O. The molecule has 1 N–H and O–H groups in total. The molecule has 1 aromatic carbocycles. The van der Waals surface area contributed by atoms with Crippen LogP contribution >= 0.6 is 0 Å². The van der Waals surface area contributed by atoms with Gasteiger partial charge in [-0.1, -0.05) is 25.1 Å². The zero-order valence-corrected chi connectivity index (χ0v) is 12.8. The number of aromatic amines is 1. The molecule has 4 nitrogen and oxygen atoms in total. The van der Waals surface area contributed by atoms with Crippen LogP contribution in [0.25, 0.3) is 10.9 Å². The molecule has 3 rings (SSSR count). The van der Waals surface area contributed by atoms with E-state index in [1.165, 1.54) is 0 Å². The summed E-state index contributed by atoms with van der Waals surface area (Å²) in [7, 11) is 2.17. The normalized spacial score (nSPS) is 21.0. The minimum Gasteiger partial charge on any atom is -0.360 e. The number of hydrogen-bond donors (Lipinski definition) is 1. The van der Waals surface area contributed by atoms with E-state index in [1.54, 1.807) is 0 Å². The number of hydrogen-bond acceptors (Lipinski definition) is 3. The van der Waals surface area contributed by atoms with Crippen molar-refractivity contribution >= 4 is 16.7 Å². The summed E-state index contributed by atoms with van der Waals surface area (Å²) in [5.74, 6) is 0.215. The first-order chi connectivity index (χ1) is 10.2. The molecule has 2 aromatic rings. The highest BCUT2D eigenvalue weighted by atomic mass is 16.1. The maximum Gasteiger partial charge on any atom is 0.178 e. The average molecular weight is 285 g/mol. The second kappa shape index (κ2) is 6.00. The Balaban J connectivity index is 1.72. The van der Waals surface area contributed by atoms with Gasteiger partial charge in [-0.15, -0.1) is 0 Å². The Bertz CT molecular complexity index is 634. The van der Waals surface area contributed by atoms with Gasteiger partial charge in [0.25, 0.3) is 0 Å². The lowest BCUT2D eigenvalue weighted by Crippen LogP contribution is -2.52. The molecule has 0 spiro atoms. The van der Waals surface area contributed by atoms with Crippen LogP contribution in [0.3, 0.4) is 0 Å². The van der Waals surface area contributed by atoms with Crippen LogP contribution in [0.5, 0.6) is 0 Å². The Morgan fingerprint density at radius 1 is 1.33 bits per heavy atom. The molecule has 112 valence electrons. The number of aromatic nitrogens is 1. The molecule has 1 saturated heterocycles. The number of H-pyrrole nitrogens is 1. The fourth-order valence-corrected chi connectivity index (χ4v) is 3.19. The molecule has 0 bridgehead atoms. The zero-order chi connectivity index (χ0) is 14.8. The van der Waals surface area contributed by atoms with Gasteiger partial charge in [0.2, 0.25) is 0 Å². The molecule has 2 heterocycles. The number of ketones is 1. The highest BCUT2D eigenvalue weighted by Crippen LogP contribution is 2.19. The highest BCUT2D eigenvalue weighted by Gasteiger charge is 2.25. The van der Waals surface area contributed by atoms with E-state index in [9.17, 15) is 4.79 Å². The lowest BCUT2D eigenvalue weighted by Gasteiger charge is -2.38. The molecular weight excluding hydrogens is 262 g/mol. The van der Waals surface area contributed by atoms with Gasteiger partial charge in [-0.05, 0) is 19.5 Å². The van der Waals surface area contributed by atoms with Gasteiger partial charge in [-0.3, -0.25) is 9.69 Å². The van der Waals surface area contributed by atoms with E-state index in [4.69, 9.17) is 0 Å². The van der Waals surface area contributed by atoms with Gasteiger partial charge in [0.1, 0.15) is 0 Å². The SMILES string of the molecule is CCC1CN(CC(=O)c2c[nH]c3ccccc23)CCN1C. The van der Waals surface area contributed by atoms with Crippen LogP contribution < -0.4 is 0 Å². The minimum absolute atomic E-state index is 0.215. The number of piperazine rings is 1. The number of rotatable bonds is 4. The first kappa shape index (κ1) is 14.3. The maximum absolute atomic E-state index is 12.6. The van der Waals surface area contributed by atoms with Gasteiger partial charge in [0.05, 0.1) is 6.54 Å². The van der Waals surface area contributed by atoms with Crippen molar-refractivity contribution < 1.29 is 4.79 Å². The third kappa shape index (κ3) is 2.87. The molecule has 0 saturated carbocycles. The number of carbonyl (C=O) groups excluding carboxylic acids is 1. The number of carbonyl (C=O) groups is 1. The summed E-state index contributed by atoms with van der Waals surface area (Å²) in [6, 6.07) is 8.55. The van der Waals surface area contributed by atoms with Crippen molar-refractivity contribution in [2.24, 2.45) is 0 Å². The Kier molecular flexibility index (Phi) is 4.08. The minimum atomic E-state index is 0.215. The number of nitrogens with one attached hydrogen (secondary N) is 1. The smallest absolute Gasteiger partial charge is 0.178 e. The first-order valence-corrected chi connectivity index (χ1v) is 7.71. The Hall–Kier alpha value is -1.65. The summed E-state index contributed by atoms with van der Waals surface area (Å²) in [6.45, 7) is 5.74. The van der Waals surface area contributed by atoms with E-state index < -0.39 is 0 Å². The summed E-state index contributed by atoms with van der Waals surface area (Å²) >= 11 is 0. The van der Waals surface area contributed by atoms with Gasteiger partial charge < -0.3 is 9.88 Å². The van der Waals surface area contributed by atoms with Crippen LogP contribution in [0.1, 0.15) is 23.7 Å². The summed E-state index contributed by atoms with van der Waals surface area (Å²) in [6.07, 6.45) is 2.98. The second-order valence-corrected chi connectivity index (χ2v) is 5.95. The number of benzene rings is 1. The van der Waals surface area contributed by atoms with E-state index in [0.29, 0.717) is 12.6 Å². The molecule has 4 heteroatoms. The van der Waals surface area contributed by atoms with Gasteiger partial charge in [-0.25, -0.2) is 0 Å².